The van der Waals surface area contributed by atoms with Crippen molar-refractivity contribution in [2.45, 2.75) is 50.0 Å². The first kappa shape index (κ1) is 19.8. The van der Waals surface area contributed by atoms with Crippen molar-refractivity contribution in [2.24, 2.45) is 0 Å². The van der Waals surface area contributed by atoms with E-state index in [-0.39, 0.29) is 11.6 Å². The summed E-state index contributed by atoms with van der Waals surface area (Å²) in [6.07, 6.45) is 8.56. The third-order valence-corrected chi connectivity index (χ3v) is 6.28. The van der Waals surface area contributed by atoms with Gasteiger partial charge in [0.05, 0.1) is 41.2 Å². The predicted molar refractivity (Wildman–Crippen MR) is 115 cm³/mol. The van der Waals surface area contributed by atoms with Gasteiger partial charge in [-0.1, -0.05) is 30.3 Å². The van der Waals surface area contributed by atoms with Crippen molar-refractivity contribution in [3.05, 3.63) is 72.9 Å². The van der Waals surface area contributed by atoms with Crippen molar-refractivity contribution in [1.29, 1.82) is 0 Å². The Balaban J connectivity index is 1.50. The highest BCUT2D eigenvalue weighted by Gasteiger charge is 2.61. The second-order valence-electron chi connectivity index (χ2n) is 8.42. The largest absolute Gasteiger partial charge is 0.387 e. The molecule has 158 valence electrons. The van der Waals surface area contributed by atoms with E-state index in [9.17, 15) is 9.90 Å². The molecule has 2 fully saturated rings. The topological polar surface area (TPSA) is 88.4 Å². The van der Waals surface area contributed by atoms with Crippen LogP contribution in [0.3, 0.4) is 0 Å². The van der Waals surface area contributed by atoms with Crippen LogP contribution in [0.1, 0.15) is 43.1 Å². The maximum absolute atomic E-state index is 13.7. The second-order valence-corrected chi connectivity index (χ2v) is 8.42. The zero-order valence-corrected chi connectivity index (χ0v) is 17.3. The zero-order chi connectivity index (χ0) is 21.5. The zero-order valence-electron chi connectivity index (χ0n) is 17.3. The highest BCUT2D eigenvalue weighted by molar-refractivity contribution is 6.05. The van der Waals surface area contributed by atoms with Crippen LogP contribution in [0.2, 0.25) is 0 Å². The first-order chi connectivity index (χ1) is 15.0. The molecule has 1 aliphatic heterocycles. The molecule has 2 unspecified atom stereocenters. The number of pyridine rings is 1. The van der Waals surface area contributed by atoms with Gasteiger partial charge in [-0.25, -0.2) is 4.98 Å². The minimum Gasteiger partial charge on any atom is -0.387 e. The van der Waals surface area contributed by atoms with Crippen LogP contribution in [0.5, 0.6) is 0 Å². The van der Waals surface area contributed by atoms with Crippen molar-refractivity contribution in [3.8, 4) is 11.3 Å². The number of carbonyl (C=O) groups excluding carboxylic acids is 1. The summed E-state index contributed by atoms with van der Waals surface area (Å²) in [5, 5.41) is 10.8. The Hall–Kier alpha value is -3.16. The van der Waals surface area contributed by atoms with E-state index in [0.29, 0.717) is 24.2 Å². The van der Waals surface area contributed by atoms with Crippen LogP contribution in [0.15, 0.2) is 67.3 Å². The highest BCUT2D eigenvalue weighted by Crippen LogP contribution is 2.54. The number of rotatable bonds is 4. The minimum absolute atomic E-state index is 0.232. The lowest BCUT2D eigenvalue weighted by atomic mass is 9.87. The average Bonchev–Trinajstić information content (AvgIpc) is 3.59. The normalized spacial score (nSPS) is 24.0. The third-order valence-electron chi connectivity index (χ3n) is 6.28. The van der Waals surface area contributed by atoms with Gasteiger partial charge in [0.2, 0.25) is 0 Å². The summed E-state index contributed by atoms with van der Waals surface area (Å²) < 4.78 is 6.35. The molecule has 1 amide bonds. The van der Waals surface area contributed by atoms with Gasteiger partial charge >= 0.3 is 0 Å². The van der Waals surface area contributed by atoms with E-state index in [0.717, 1.165) is 18.4 Å². The summed E-state index contributed by atoms with van der Waals surface area (Å²) in [4.78, 5) is 28.3. The molecule has 3 heterocycles. The summed E-state index contributed by atoms with van der Waals surface area (Å²) in [5.74, 6) is -0.305. The lowest BCUT2D eigenvalue weighted by Crippen LogP contribution is -2.56. The summed E-state index contributed by atoms with van der Waals surface area (Å²) in [7, 11) is 0. The second kappa shape index (κ2) is 7.51. The van der Waals surface area contributed by atoms with Crippen molar-refractivity contribution in [1.82, 2.24) is 15.0 Å². The number of carbonyl (C=O) groups is 1. The molecule has 1 spiro atoms. The summed E-state index contributed by atoms with van der Waals surface area (Å²) in [6.45, 7) is 1.82. The quantitative estimate of drug-likeness (QED) is 0.699. The smallest absolute Gasteiger partial charge is 0.280 e. The first-order valence-electron chi connectivity index (χ1n) is 10.5. The van der Waals surface area contributed by atoms with Gasteiger partial charge in [0.25, 0.3) is 5.91 Å². The highest BCUT2D eigenvalue weighted by atomic mass is 16.6. The summed E-state index contributed by atoms with van der Waals surface area (Å²) in [6, 6.07) is 13.2. The molecule has 1 saturated heterocycles. The molecule has 31 heavy (non-hydrogen) atoms. The molecule has 2 atom stereocenters. The van der Waals surface area contributed by atoms with Gasteiger partial charge in [0.15, 0.2) is 0 Å². The van der Waals surface area contributed by atoms with Crippen LogP contribution in [-0.4, -0.2) is 43.4 Å². The molecule has 7 heteroatoms. The lowest BCUT2D eigenvalue weighted by Gasteiger charge is -2.45. The predicted octanol–water partition coefficient (Wildman–Crippen LogP) is 3.61. The molecule has 0 radical (unpaired) electrons. The van der Waals surface area contributed by atoms with Crippen LogP contribution in [0.25, 0.3) is 11.3 Å². The van der Waals surface area contributed by atoms with Gasteiger partial charge in [0.1, 0.15) is 11.9 Å². The van der Waals surface area contributed by atoms with E-state index in [1.54, 1.807) is 29.6 Å². The van der Waals surface area contributed by atoms with Gasteiger partial charge in [-0.3, -0.25) is 19.7 Å². The number of aliphatic hydroxyl groups is 1. The van der Waals surface area contributed by atoms with Crippen molar-refractivity contribution >= 4 is 11.6 Å². The molecule has 1 saturated carbocycles. The average molecular weight is 416 g/mol. The molecule has 7 nitrogen and oxygen atoms in total. The van der Waals surface area contributed by atoms with E-state index in [2.05, 4.69) is 15.0 Å². The number of anilines is 1. The van der Waals surface area contributed by atoms with E-state index in [4.69, 9.17) is 4.74 Å². The molecule has 1 aliphatic carbocycles. The molecule has 2 aliphatic rings. The van der Waals surface area contributed by atoms with Crippen molar-refractivity contribution in [2.75, 3.05) is 4.90 Å². The molecule has 0 bridgehead atoms. The van der Waals surface area contributed by atoms with E-state index in [1.807, 2.05) is 43.3 Å². The summed E-state index contributed by atoms with van der Waals surface area (Å²) >= 11 is 0. The van der Waals surface area contributed by atoms with Gasteiger partial charge in [-0.05, 0) is 44.7 Å². The lowest BCUT2D eigenvalue weighted by molar-refractivity contribution is -0.182. The monoisotopic (exact) mass is 416 g/mol. The number of ether oxygens (including phenoxy) is 1. The molecular weight excluding hydrogens is 392 g/mol. The minimum atomic E-state index is -0.889. The molecule has 2 aromatic heterocycles. The van der Waals surface area contributed by atoms with Gasteiger partial charge in [0, 0.05) is 11.8 Å². The van der Waals surface area contributed by atoms with Crippen LogP contribution in [-0.2, 0) is 4.74 Å². The van der Waals surface area contributed by atoms with E-state index >= 15 is 0 Å². The standard InChI is InChI=1S/C24H24N4O3/c1-23(30)10-9-21(31-24(23)11-12-24)28(18-8-5-13-25-14-18)22(29)20-16-26-15-19(27-20)17-6-3-2-4-7-17/h2-8,13-16,21,30H,9-12H2,1H3. The Labute approximate surface area is 180 Å². The first-order valence-corrected chi connectivity index (χ1v) is 10.5. The summed E-state index contributed by atoms with van der Waals surface area (Å²) in [5.41, 5.74) is 0.898. The third kappa shape index (κ3) is 3.60. The van der Waals surface area contributed by atoms with E-state index < -0.39 is 17.4 Å². The molecule has 3 aromatic rings. The maximum atomic E-state index is 13.7. The van der Waals surface area contributed by atoms with Gasteiger partial charge in [-0.2, -0.15) is 0 Å². The Bertz CT molecular complexity index is 1080. The molecule has 1 aromatic carbocycles. The van der Waals surface area contributed by atoms with Crippen LogP contribution in [0, 0.1) is 0 Å². The SMILES string of the molecule is CC1(O)CCC(N(C(=O)c2cncc(-c3ccccc3)n2)c2cccnc2)OC12CC2. The van der Waals surface area contributed by atoms with Crippen LogP contribution < -0.4 is 4.90 Å². The fourth-order valence-corrected chi connectivity index (χ4v) is 4.28. The Morgan fingerprint density at radius 3 is 2.58 bits per heavy atom. The number of hydrogen-bond acceptors (Lipinski definition) is 6. The Morgan fingerprint density at radius 2 is 1.87 bits per heavy atom. The van der Waals surface area contributed by atoms with Gasteiger partial charge in [-0.15, -0.1) is 0 Å². The van der Waals surface area contributed by atoms with Crippen molar-refractivity contribution in [3.63, 3.8) is 0 Å². The number of benzene rings is 1. The van der Waals surface area contributed by atoms with Crippen molar-refractivity contribution < 1.29 is 14.6 Å². The van der Waals surface area contributed by atoms with Gasteiger partial charge < -0.3 is 9.84 Å². The maximum Gasteiger partial charge on any atom is 0.280 e. The molecule has 1 N–H and O–H groups in total. The van der Waals surface area contributed by atoms with E-state index in [1.165, 1.54) is 6.20 Å². The number of hydrogen-bond donors (Lipinski definition) is 1. The van der Waals surface area contributed by atoms with Crippen LogP contribution >= 0.6 is 0 Å². The Morgan fingerprint density at radius 1 is 1.06 bits per heavy atom. The fraction of sp³-hybridized carbons (Fsp3) is 0.333. The Kier molecular flexibility index (Phi) is 4.79. The number of amides is 1. The fourth-order valence-electron chi connectivity index (χ4n) is 4.28. The molecular formula is C24H24N4O3. The molecule has 5 rings (SSSR count). The number of nitrogens with zero attached hydrogens (tertiary/aromatic N) is 4. The van der Waals surface area contributed by atoms with Crippen LogP contribution in [0.4, 0.5) is 5.69 Å². The number of aromatic nitrogens is 3.